The second kappa shape index (κ2) is 0.669. The van der Waals surface area contributed by atoms with E-state index in [1.807, 2.05) is 9.71 Å². The molecular weight excluding hydrogens is 145 g/mol. The summed E-state index contributed by atoms with van der Waals surface area (Å²) in [7, 11) is 0. The molecule has 6 heavy (non-hydrogen) atoms. The second-order valence-electron chi connectivity index (χ2n) is 1.05. The number of aromatic nitrogens is 3. The van der Waals surface area contributed by atoms with Crippen molar-refractivity contribution < 1.29 is 0 Å². The van der Waals surface area contributed by atoms with E-state index in [4.69, 9.17) is 0 Å². The first-order valence-corrected chi connectivity index (χ1v) is 3.18. The van der Waals surface area contributed by atoms with Gasteiger partial charge in [0.2, 0.25) is 0 Å². The van der Waals surface area contributed by atoms with E-state index in [2.05, 4.69) is 10.3 Å². The SMILES string of the molecule is c1c2nnn1[se]2. The molecule has 3 aromatic rings. The molecule has 0 unspecified atom stereocenters. The first-order chi connectivity index (χ1) is 2.95. The van der Waals surface area contributed by atoms with Crippen molar-refractivity contribution in [3.8, 4) is 0 Å². The summed E-state index contributed by atoms with van der Waals surface area (Å²) in [4.78, 5) is 0. The molecule has 0 saturated carbocycles. The monoisotopic (exact) mass is 147 g/mol. The van der Waals surface area contributed by atoms with E-state index in [0.717, 1.165) is 0 Å². The van der Waals surface area contributed by atoms with Crippen LogP contribution < -0.4 is 0 Å². The summed E-state index contributed by atoms with van der Waals surface area (Å²) in [6.07, 6.45) is 1.94. The van der Waals surface area contributed by atoms with Crippen LogP contribution in [-0.4, -0.2) is 28.6 Å². The summed E-state index contributed by atoms with van der Waals surface area (Å²) >= 11 is 0.486. The topological polar surface area (TPSA) is 30.2 Å². The van der Waals surface area contributed by atoms with Crippen LogP contribution in [0.2, 0.25) is 0 Å². The Kier molecular flexibility index (Phi) is 0.309. The Balaban J connectivity index is 3.24. The zero-order valence-electron chi connectivity index (χ0n) is 2.83. The van der Waals surface area contributed by atoms with Gasteiger partial charge in [-0.05, 0) is 0 Å². The molecule has 0 aliphatic heterocycles. The van der Waals surface area contributed by atoms with E-state index in [0.29, 0.717) is 14.7 Å². The molecule has 3 heterocycles. The third kappa shape index (κ3) is 0.162. The van der Waals surface area contributed by atoms with Crippen LogP contribution in [0.3, 0.4) is 0 Å². The molecule has 0 spiro atoms. The molecule has 0 atom stereocenters. The average Bonchev–Trinajstić information content (AvgIpc) is 1.72. The van der Waals surface area contributed by atoms with Gasteiger partial charge < -0.3 is 0 Å². The fourth-order valence-electron chi connectivity index (χ4n) is 0.367. The van der Waals surface area contributed by atoms with Crippen molar-refractivity contribution in [2.45, 2.75) is 0 Å². The Labute approximate surface area is 39.9 Å². The Morgan fingerprint density at radius 3 is 2.83 bits per heavy atom. The fraction of sp³-hybridized carbons (Fsp3) is 0. The molecule has 3 nitrogen and oxygen atoms in total. The standard InChI is InChI=1S/C2HN3Se/c1-2-3-4-5(1)6-2/h1H. The van der Waals surface area contributed by atoms with Crippen molar-refractivity contribution in [2.75, 3.05) is 0 Å². The summed E-state index contributed by atoms with van der Waals surface area (Å²) in [6, 6.07) is 0. The van der Waals surface area contributed by atoms with Gasteiger partial charge in [-0.1, -0.05) is 0 Å². The van der Waals surface area contributed by atoms with E-state index in [1.54, 1.807) is 0 Å². The molecule has 0 aromatic carbocycles. The third-order valence-corrected chi connectivity index (χ3v) is 2.19. The van der Waals surface area contributed by atoms with Crippen molar-refractivity contribution >= 4 is 19.1 Å². The van der Waals surface area contributed by atoms with Crippen molar-refractivity contribution in [3.63, 3.8) is 0 Å². The molecule has 30 valence electrons. The number of rotatable bonds is 0. The van der Waals surface area contributed by atoms with Gasteiger partial charge in [-0.2, -0.15) is 0 Å². The minimum absolute atomic E-state index is 0.486. The van der Waals surface area contributed by atoms with Gasteiger partial charge in [0, 0.05) is 0 Å². The van der Waals surface area contributed by atoms with Crippen LogP contribution in [0.1, 0.15) is 0 Å². The summed E-state index contributed by atoms with van der Waals surface area (Å²) in [5.41, 5.74) is 0. The van der Waals surface area contributed by atoms with Gasteiger partial charge >= 0.3 is 39.1 Å². The average molecular weight is 146 g/mol. The summed E-state index contributed by atoms with van der Waals surface area (Å²) in [6.45, 7) is 0. The zero-order chi connectivity index (χ0) is 3.98. The maximum absolute atomic E-state index is 3.75. The number of hydrogen-bond donors (Lipinski definition) is 0. The number of hydrogen-bond acceptors (Lipinski definition) is 2. The van der Waals surface area contributed by atoms with Crippen LogP contribution in [0.4, 0.5) is 0 Å². The molecule has 0 fully saturated rings. The maximum atomic E-state index is 3.75. The molecule has 4 heteroatoms. The molecule has 2 bridgehead atoms. The molecule has 0 aliphatic rings. The van der Waals surface area contributed by atoms with E-state index >= 15 is 0 Å². The van der Waals surface area contributed by atoms with E-state index < -0.39 is 0 Å². The van der Waals surface area contributed by atoms with Crippen molar-refractivity contribution in [1.29, 1.82) is 0 Å². The molecule has 0 aliphatic carbocycles. The molecule has 3 rings (SSSR count). The molecule has 0 radical (unpaired) electrons. The summed E-state index contributed by atoms with van der Waals surface area (Å²) in [5, 5.41) is 7.45. The quantitative estimate of drug-likeness (QED) is 0.456. The van der Waals surface area contributed by atoms with Crippen LogP contribution in [0.15, 0.2) is 6.20 Å². The van der Waals surface area contributed by atoms with Crippen LogP contribution in [0, 0.1) is 0 Å². The van der Waals surface area contributed by atoms with Gasteiger partial charge in [0.1, 0.15) is 0 Å². The molecule has 3 aromatic heterocycles. The van der Waals surface area contributed by atoms with Gasteiger partial charge in [-0.15, -0.1) is 0 Å². The van der Waals surface area contributed by atoms with Crippen LogP contribution >= 0.6 is 0 Å². The number of nitrogens with zero attached hydrogens (tertiary/aromatic N) is 3. The molecule has 0 saturated heterocycles. The van der Waals surface area contributed by atoms with Gasteiger partial charge in [-0.3, -0.25) is 0 Å². The van der Waals surface area contributed by atoms with Gasteiger partial charge in [0.05, 0.1) is 0 Å². The Morgan fingerprint density at radius 1 is 1.83 bits per heavy atom. The third-order valence-electron chi connectivity index (χ3n) is 0.639. The van der Waals surface area contributed by atoms with Crippen molar-refractivity contribution in [2.24, 2.45) is 0 Å². The predicted molar refractivity (Wildman–Crippen MR) is 21.1 cm³/mol. The first-order valence-electron chi connectivity index (χ1n) is 1.56. The minimum atomic E-state index is 0.486. The van der Waals surface area contributed by atoms with E-state index in [9.17, 15) is 0 Å². The first kappa shape index (κ1) is 2.77. The van der Waals surface area contributed by atoms with Crippen molar-refractivity contribution in [3.05, 3.63) is 6.20 Å². The Hall–Kier alpha value is -0.341. The van der Waals surface area contributed by atoms with Gasteiger partial charge in [0.25, 0.3) is 0 Å². The Bertz CT molecular complexity index is 170. The number of fused-ring (bicyclic) bond motifs is 1. The molecule has 0 N–H and O–H groups in total. The molecular formula is C2HN3Se. The van der Waals surface area contributed by atoms with Crippen molar-refractivity contribution in [1.82, 2.24) is 13.8 Å². The van der Waals surface area contributed by atoms with Gasteiger partial charge in [-0.25, -0.2) is 0 Å². The normalized spacial score (nSPS) is 11.3. The van der Waals surface area contributed by atoms with E-state index in [1.165, 1.54) is 4.39 Å². The summed E-state index contributed by atoms with van der Waals surface area (Å²) in [5.74, 6) is 0. The van der Waals surface area contributed by atoms with Gasteiger partial charge in [0.15, 0.2) is 0 Å². The molecule has 0 amide bonds. The van der Waals surface area contributed by atoms with Crippen LogP contribution in [-0.2, 0) is 0 Å². The van der Waals surface area contributed by atoms with E-state index in [-0.39, 0.29) is 0 Å². The fourth-order valence-corrected chi connectivity index (χ4v) is 1.37. The Morgan fingerprint density at radius 2 is 2.67 bits per heavy atom. The predicted octanol–water partition coefficient (Wildman–Crippen LogP) is -0.776. The van der Waals surface area contributed by atoms with Crippen LogP contribution in [0.25, 0.3) is 4.39 Å². The van der Waals surface area contributed by atoms with Crippen LogP contribution in [0.5, 0.6) is 0 Å². The summed E-state index contributed by atoms with van der Waals surface area (Å²) < 4.78 is 3.03. The zero-order valence-corrected chi connectivity index (χ0v) is 4.54. The second-order valence-corrected chi connectivity index (χ2v) is 3.10.